The van der Waals surface area contributed by atoms with Gasteiger partial charge in [0.05, 0.1) is 5.60 Å². The Morgan fingerprint density at radius 3 is 2.71 bits per heavy atom. The van der Waals surface area contributed by atoms with Gasteiger partial charge >= 0.3 is 0 Å². The number of imidazole rings is 1. The highest BCUT2D eigenvalue weighted by molar-refractivity contribution is 7.89. The van der Waals surface area contributed by atoms with Crippen LogP contribution < -0.4 is 5.32 Å². The minimum atomic E-state index is -3.64. The van der Waals surface area contributed by atoms with Crippen molar-refractivity contribution < 1.29 is 13.5 Å². The summed E-state index contributed by atoms with van der Waals surface area (Å²) in [6, 6.07) is 0. The molecule has 0 bridgehead atoms. The van der Waals surface area contributed by atoms with E-state index in [-0.39, 0.29) is 5.03 Å². The molecule has 1 saturated heterocycles. The SMILES string of the molecule is CNc1nc2sccn2c1S(=O)(=O)N1CCC(C)(O)CC1. The number of piperidine rings is 1. The number of hydrogen-bond donors (Lipinski definition) is 2. The summed E-state index contributed by atoms with van der Waals surface area (Å²) in [5, 5.41) is 14.8. The number of aliphatic hydroxyl groups is 1. The third kappa shape index (κ3) is 2.44. The lowest BCUT2D eigenvalue weighted by Crippen LogP contribution is -2.45. The number of thiazole rings is 1. The predicted molar refractivity (Wildman–Crippen MR) is 81.2 cm³/mol. The minimum absolute atomic E-state index is 0.169. The standard InChI is InChI=1S/C12H18N4O3S2/c1-12(17)3-5-15(6-4-12)21(18,19)10-9(13-2)14-11-16(10)7-8-20-11/h7-8,13,17H,3-6H2,1-2H3. The highest BCUT2D eigenvalue weighted by atomic mass is 32.2. The minimum Gasteiger partial charge on any atom is -0.390 e. The van der Waals surface area contributed by atoms with Crippen LogP contribution in [0, 0.1) is 0 Å². The van der Waals surface area contributed by atoms with Gasteiger partial charge in [0.1, 0.15) is 0 Å². The van der Waals surface area contributed by atoms with Gasteiger partial charge in [-0.3, -0.25) is 4.40 Å². The molecule has 0 spiro atoms. The first kappa shape index (κ1) is 14.8. The fourth-order valence-electron chi connectivity index (χ4n) is 2.50. The van der Waals surface area contributed by atoms with E-state index in [9.17, 15) is 13.5 Å². The Morgan fingerprint density at radius 2 is 2.10 bits per heavy atom. The monoisotopic (exact) mass is 330 g/mol. The zero-order valence-corrected chi connectivity index (χ0v) is 13.5. The molecule has 7 nitrogen and oxygen atoms in total. The molecule has 3 rings (SSSR count). The highest BCUT2D eigenvalue weighted by Crippen LogP contribution is 2.31. The van der Waals surface area contributed by atoms with Crippen LogP contribution in [-0.2, 0) is 10.0 Å². The average molecular weight is 330 g/mol. The Hall–Kier alpha value is -1.16. The maximum Gasteiger partial charge on any atom is 0.262 e. The lowest BCUT2D eigenvalue weighted by Gasteiger charge is -2.34. The molecule has 0 atom stereocenters. The fraction of sp³-hybridized carbons (Fsp3) is 0.583. The van der Waals surface area contributed by atoms with Crippen molar-refractivity contribution in [2.24, 2.45) is 0 Å². The van der Waals surface area contributed by atoms with Crippen LogP contribution in [0.3, 0.4) is 0 Å². The highest BCUT2D eigenvalue weighted by Gasteiger charge is 2.37. The van der Waals surface area contributed by atoms with Crippen molar-refractivity contribution in [3.8, 4) is 0 Å². The molecule has 3 heterocycles. The van der Waals surface area contributed by atoms with E-state index in [4.69, 9.17) is 0 Å². The Balaban J connectivity index is 2.02. The number of hydrogen-bond acceptors (Lipinski definition) is 6. The van der Waals surface area contributed by atoms with Gasteiger partial charge in [-0.25, -0.2) is 13.4 Å². The summed E-state index contributed by atoms with van der Waals surface area (Å²) in [4.78, 5) is 4.94. The summed E-state index contributed by atoms with van der Waals surface area (Å²) in [6.07, 6.45) is 2.58. The van der Waals surface area contributed by atoms with Crippen LogP contribution in [0.1, 0.15) is 19.8 Å². The van der Waals surface area contributed by atoms with E-state index < -0.39 is 15.6 Å². The van der Waals surface area contributed by atoms with Gasteiger partial charge in [-0.1, -0.05) is 0 Å². The molecule has 2 aromatic rings. The molecular formula is C12H18N4O3S2. The molecule has 21 heavy (non-hydrogen) atoms. The van der Waals surface area contributed by atoms with Gasteiger partial charge in [-0.15, -0.1) is 11.3 Å². The Kier molecular flexibility index (Phi) is 3.47. The van der Waals surface area contributed by atoms with Gasteiger partial charge in [-0.05, 0) is 19.8 Å². The van der Waals surface area contributed by atoms with Crippen LogP contribution in [0.25, 0.3) is 4.96 Å². The van der Waals surface area contributed by atoms with Crippen LogP contribution in [0.4, 0.5) is 5.82 Å². The van der Waals surface area contributed by atoms with Crippen molar-refractivity contribution in [1.29, 1.82) is 0 Å². The second kappa shape index (κ2) is 4.94. The van der Waals surface area contributed by atoms with Crippen LogP contribution in [-0.4, -0.2) is 53.0 Å². The van der Waals surface area contributed by atoms with E-state index >= 15 is 0 Å². The van der Waals surface area contributed by atoms with E-state index in [0.29, 0.717) is 36.7 Å². The first-order valence-electron chi connectivity index (χ1n) is 6.71. The average Bonchev–Trinajstić information content (AvgIpc) is 2.97. The molecule has 0 radical (unpaired) electrons. The number of rotatable bonds is 3. The molecule has 2 aromatic heterocycles. The van der Waals surface area contributed by atoms with Crippen molar-refractivity contribution in [2.75, 3.05) is 25.5 Å². The molecule has 0 amide bonds. The molecule has 116 valence electrons. The lowest BCUT2D eigenvalue weighted by atomic mass is 9.95. The fourth-order valence-corrected chi connectivity index (χ4v) is 4.97. The summed E-state index contributed by atoms with van der Waals surface area (Å²) >= 11 is 1.39. The first-order valence-corrected chi connectivity index (χ1v) is 9.03. The second-order valence-electron chi connectivity index (χ2n) is 5.47. The number of nitrogens with one attached hydrogen (secondary N) is 1. The zero-order chi connectivity index (χ0) is 15.3. The molecule has 0 unspecified atom stereocenters. The van der Waals surface area contributed by atoms with Crippen molar-refractivity contribution in [3.63, 3.8) is 0 Å². The molecule has 2 N–H and O–H groups in total. The third-order valence-electron chi connectivity index (χ3n) is 3.84. The Labute approximate surface area is 127 Å². The Bertz CT molecular complexity index is 753. The number of aromatic nitrogens is 2. The predicted octanol–water partition coefficient (Wildman–Crippen LogP) is 0.973. The Morgan fingerprint density at radius 1 is 1.43 bits per heavy atom. The number of fused-ring (bicyclic) bond motifs is 1. The van der Waals surface area contributed by atoms with Gasteiger partial charge in [0.25, 0.3) is 10.0 Å². The van der Waals surface area contributed by atoms with Gasteiger partial charge in [-0.2, -0.15) is 4.31 Å². The van der Waals surface area contributed by atoms with E-state index in [1.165, 1.54) is 15.6 Å². The van der Waals surface area contributed by atoms with Gasteiger partial charge < -0.3 is 10.4 Å². The quantitative estimate of drug-likeness (QED) is 0.876. The molecule has 0 saturated carbocycles. The van der Waals surface area contributed by atoms with Gasteiger partial charge in [0.2, 0.25) is 0 Å². The number of sulfonamides is 1. The van der Waals surface area contributed by atoms with Crippen molar-refractivity contribution >= 4 is 32.1 Å². The van der Waals surface area contributed by atoms with Crippen molar-refractivity contribution in [1.82, 2.24) is 13.7 Å². The van der Waals surface area contributed by atoms with E-state index in [2.05, 4.69) is 10.3 Å². The topological polar surface area (TPSA) is 86.9 Å². The summed E-state index contributed by atoms with van der Waals surface area (Å²) in [5.74, 6) is 0.360. The second-order valence-corrected chi connectivity index (χ2v) is 8.20. The molecule has 0 aromatic carbocycles. The van der Waals surface area contributed by atoms with Crippen molar-refractivity contribution in [2.45, 2.75) is 30.4 Å². The summed E-state index contributed by atoms with van der Waals surface area (Å²) in [6.45, 7) is 2.37. The molecular weight excluding hydrogens is 312 g/mol. The zero-order valence-electron chi connectivity index (χ0n) is 11.9. The van der Waals surface area contributed by atoms with Crippen LogP contribution in [0.2, 0.25) is 0 Å². The number of nitrogens with zero attached hydrogens (tertiary/aromatic N) is 3. The van der Waals surface area contributed by atoms with Gasteiger partial charge in [0.15, 0.2) is 15.8 Å². The molecule has 1 aliphatic rings. The maximum atomic E-state index is 12.9. The first-order chi connectivity index (χ1) is 9.85. The number of anilines is 1. The third-order valence-corrected chi connectivity index (χ3v) is 6.52. The molecule has 1 aliphatic heterocycles. The van der Waals surface area contributed by atoms with Crippen LogP contribution >= 0.6 is 11.3 Å². The van der Waals surface area contributed by atoms with Crippen molar-refractivity contribution in [3.05, 3.63) is 11.6 Å². The van der Waals surface area contributed by atoms with E-state index in [0.717, 1.165) is 0 Å². The summed E-state index contributed by atoms with van der Waals surface area (Å²) in [7, 11) is -1.98. The smallest absolute Gasteiger partial charge is 0.262 e. The molecule has 1 fully saturated rings. The normalized spacial score (nSPS) is 20.0. The van der Waals surface area contributed by atoms with Crippen LogP contribution in [0.15, 0.2) is 16.6 Å². The lowest BCUT2D eigenvalue weighted by molar-refractivity contribution is 0.0125. The van der Waals surface area contributed by atoms with Crippen LogP contribution in [0.5, 0.6) is 0 Å². The molecule has 9 heteroatoms. The summed E-state index contributed by atoms with van der Waals surface area (Å²) < 4.78 is 28.8. The summed E-state index contributed by atoms with van der Waals surface area (Å²) in [5.41, 5.74) is -0.785. The van der Waals surface area contributed by atoms with E-state index in [1.54, 1.807) is 24.6 Å². The van der Waals surface area contributed by atoms with E-state index in [1.807, 2.05) is 5.38 Å². The maximum absolute atomic E-state index is 12.9. The molecule has 0 aliphatic carbocycles. The largest absolute Gasteiger partial charge is 0.390 e. The van der Waals surface area contributed by atoms with Gasteiger partial charge in [0, 0.05) is 31.7 Å².